The van der Waals surface area contributed by atoms with Crippen molar-refractivity contribution in [2.75, 3.05) is 0 Å². The summed E-state index contributed by atoms with van der Waals surface area (Å²) in [5.41, 5.74) is 0.126. The van der Waals surface area contributed by atoms with E-state index < -0.39 is 26.3 Å². The Kier molecular flexibility index (Phi) is 5.86. The van der Waals surface area contributed by atoms with Crippen molar-refractivity contribution in [3.8, 4) is 0 Å². The van der Waals surface area contributed by atoms with E-state index in [2.05, 4.69) is 47.7 Å². The molecule has 1 heterocycles. The highest BCUT2D eigenvalue weighted by molar-refractivity contribution is 6.74. The van der Waals surface area contributed by atoms with Gasteiger partial charge in [-0.3, -0.25) is 0 Å². The predicted molar refractivity (Wildman–Crippen MR) is 136 cm³/mol. The van der Waals surface area contributed by atoms with E-state index in [1.54, 1.807) is 0 Å². The van der Waals surface area contributed by atoms with Crippen LogP contribution in [0.4, 0.5) is 0 Å². The Bertz CT molecular complexity index is 807. The lowest BCUT2D eigenvalue weighted by atomic mass is 9.43. The van der Waals surface area contributed by atoms with E-state index in [1.807, 2.05) is 13.8 Å². The molecule has 0 radical (unpaired) electrons. The summed E-state index contributed by atoms with van der Waals surface area (Å²) < 4.78 is 20.4. The third-order valence-electron chi connectivity index (χ3n) is 11.7. The van der Waals surface area contributed by atoms with Crippen molar-refractivity contribution in [2.24, 2.45) is 34.5 Å². The highest BCUT2D eigenvalue weighted by Crippen LogP contribution is 2.69. The second kappa shape index (κ2) is 7.77. The maximum atomic E-state index is 11.2. The molecule has 0 spiro atoms. The van der Waals surface area contributed by atoms with Crippen molar-refractivity contribution in [2.45, 2.75) is 141 Å². The van der Waals surface area contributed by atoms with Crippen LogP contribution in [0.5, 0.6) is 0 Å². The summed E-state index contributed by atoms with van der Waals surface area (Å²) in [6, 6.07) is 0. The molecule has 5 rings (SSSR count). The number of aliphatic hydroxyl groups is 2. The van der Waals surface area contributed by atoms with E-state index in [9.17, 15) is 10.2 Å². The molecule has 0 bridgehead atoms. The first-order valence-corrected chi connectivity index (χ1v) is 16.8. The van der Waals surface area contributed by atoms with E-state index in [1.165, 1.54) is 12.8 Å². The zero-order valence-electron chi connectivity index (χ0n) is 23.1. The van der Waals surface area contributed by atoms with Gasteiger partial charge >= 0.3 is 0 Å². The van der Waals surface area contributed by atoms with Gasteiger partial charge in [0.2, 0.25) is 0 Å². The fraction of sp³-hybridized carbons (Fsp3) is 1.00. The number of fused-ring (bicyclic) bond motifs is 8. The molecule has 0 aromatic carbocycles. The fourth-order valence-electron chi connectivity index (χ4n) is 8.92. The fourth-order valence-corrected chi connectivity index (χ4v) is 10.4. The minimum absolute atomic E-state index is 0.0192. The number of hydrogen-bond acceptors (Lipinski definition) is 5. The summed E-state index contributed by atoms with van der Waals surface area (Å²) in [5, 5.41) is 22.1. The van der Waals surface area contributed by atoms with Crippen LogP contribution in [0.15, 0.2) is 0 Å². The summed E-state index contributed by atoms with van der Waals surface area (Å²) in [5.74, 6) is 0.726. The Morgan fingerprint density at radius 1 is 0.824 bits per heavy atom. The Hall–Kier alpha value is 0.0169. The minimum Gasteiger partial charge on any atom is -0.413 e. The standard InChI is InChI=1S/C28H50O5Si/c1-25(2,3)34(8,9)33-19-11-10-16-20-17(12-14-27(16,19)6)28(7)15-13-18(29)22(30)21(28)24-23(20)31-26(4,5)32-24/h16-24,29-30H,10-15H2,1-9H3/t16?,17?,18-,19?,20?,21?,22?,23+,24+,27-,28+/m0/s1. The molecule has 1 aliphatic heterocycles. The number of ether oxygens (including phenoxy) is 2. The molecule has 0 aromatic rings. The van der Waals surface area contributed by atoms with Crippen molar-refractivity contribution in [1.82, 2.24) is 0 Å². The van der Waals surface area contributed by atoms with E-state index in [0.29, 0.717) is 30.3 Å². The van der Waals surface area contributed by atoms with E-state index in [0.717, 1.165) is 19.3 Å². The van der Waals surface area contributed by atoms with E-state index in [4.69, 9.17) is 13.9 Å². The molecule has 196 valence electrons. The molecular formula is C28H50O5Si. The van der Waals surface area contributed by atoms with Crippen LogP contribution in [-0.4, -0.2) is 54.8 Å². The van der Waals surface area contributed by atoms with Crippen LogP contribution >= 0.6 is 0 Å². The normalized spacial score (nSPS) is 52.5. The molecule has 4 aliphatic carbocycles. The topological polar surface area (TPSA) is 68.2 Å². The predicted octanol–water partition coefficient (Wildman–Crippen LogP) is 5.49. The summed E-state index contributed by atoms with van der Waals surface area (Å²) in [6.07, 6.45) is 5.03. The molecule has 5 fully saturated rings. The zero-order valence-corrected chi connectivity index (χ0v) is 24.1. The summed E-state index contributed by atoms with van der Waals surface area (Å²) in [7, 11) is -1.86. The first-order chi connectivity index (χ1) is 15.5. The van der Waals surface area contributed by atoms with Gasteiger partial charge in [-0.2, -0.15) is 0 Å². The van der Waals surface area contributed by atoms with Gasteiger partial charge in [-0.15, -0.1) is 0 Å². The smallest absolute Gasteiger partial charge is 0.192 e. The molecule has 0 amide bonds. The Morgan fingerprint density at radius 2 is 1.41 bits per heavy atom. The van der Waals surface area contributed by atoms with Crippen LogP contribution < -0.4 is 0 Å². The van der Waals surface area contributed by atoms with Crippen LogP contribution in [0.1, 0.15) is 87.0 Å². The van der Waals surface area contributed by atoms with Crippen LogP contribution in [-0.2, 0) is 13.9 Å². The van der Waals surface area contributed by atoms with Crippen LogP contribution in [0.25, 0.3) is 0 Å². The third-order valence-corrected chi connectivity index (χ3v) is 16.2. The van der Waals surface area contributed by atoms with Crippen molar-refractivity contribution >= 4 is 8.32 Å². The quantitative estimate of drug-likeness (QED) is 0.497. The van der Waals surface area contributed by atoms with Gasteiger partial charge in [0.25, 0.3) is 0 Å². The van der Waals surface area contributed by atoms with Crippen LogP contribution in [0, 0.1) is 34.5 Å². The molecule has 34 heavy (non-hydrogen) atoms. The number of rotatable bonds is 2. The van der Waals surface area contributed by atoms with Crippen molar-refractivity contribution < 1.29 is 24.1 Å². The van der Waals surface area contributed by atoms with Crippen molar-refractivity contribution in [1.29, 1.82) is 0 Å². The highest BCUT2D eigenvalue weighted by Gasteiger charge is 2.70. The molecular weight excluding hydrogens is 444 g/mol. The molecule has 4 saturated carbocycles. The summed E-state index contributed by atoms with van der Waals surface area (Å²) >= 11 is 0. The Labute approximate surface area is 208 Å². The van der Waals surface area contributed by atoms with Gasteiger partial charge in [-0.1, -0.05) is 34.6 Å². The molecule has 6 heteroatoms. The minimum atomic E-state index is -1.86. The van der Waals surface area contributed by atoms with Crippen molar-refractivity contribution in [3.63, 3.8) is 0 Å². The molecule has 2 N–H and O–H groups in total. The maximum absolute atomic E-state index is 11.2. The lowest BCUT2D eigenvalue weighted by molar-refractivity contribution is -0.225. The maximum Gasteiger partial charge on any atom is 0.192 e. The number of aliphatic hydroxyl groups excluding tert-OH is 2. The van der Waals surface area contributed by atoms with Gasteiger partial charge in [0.05, 0.1) is 30.5 Å². The number of hydrogen-bond donors (Lipinski definition) is 2. The summed E-state index contributed by atoms with van der Waals surface area (Å²) in [4.78, 5) is 0. The monoisotopic (exact) mass is 494 g/mol. The van der Waals surface area contributed by atoms with E-state index >= 15 is 0 Å². The molecule has 11 atom stereocenters. The zero-order chi connectivity index (χ0) is 25.1. The average molecular weight is 495 g/mol. The Morgan fingerprint density at radius 3 is 2.06 bits per heavy atom. The second-order valence-electron chi connectivity index (χ2n) is 15.0. The Balaban J connectivity index is 1.51. The van der Waals surface area contributed by atoms with Crippen molar-refractivity contribution in [3.05, 3.63) is 0 Å². The first-order valence-electron chi connectivity index (χ1n) is 13.9. The molecule has 5 nitrogen and oxygen atoms in total. The van der Waals surface area contributed by atoms with Gasteiger partial charge in [0, 0.05) is 5.92 Å². The van der Waals surface area contributed by atoms with Gasteiger partial charge in [-0.05, 0) is 99.1 Å². The van der Waals surface area contributed by atoms with Gasteiger partial charge < -0.3 is 24.1 Å². The SMILES string of the molecule is CC1(C)O[C@@H]2C3C4CCC(O[Si](C)(C)C(C)(C)C)[C@@]4(C)CCC3[C@@]3(C)CC[C@H](O)C(O)C3[C@H]2O1. The van der Waals surface area contributed by atoms with Crippen LogP contribution in [0.3, 0.4) is 0 Å². The molecule has 1 saturated heterocycles. The highest BCUT2D eigenvalue weighted by atomic mass is 28.4. The summed E-state index contributed by atoms with van der Waals surface area (Å²) in [6.45, 7) is 20.7. The molecule has 0 aromatic heterocycles. The lowest BCUT2D eigenvalue weighted by Crippen LogP contribution is -2.67. The third kappa shape index (κ3) is 3.56. The van der Waals surface area contributed by atoms with Crippen LogP contribution in [0.2, 0.25) is 18.1 Å². The van der Waals surface area contributed by atoms with Gasteiger partial charge in [0.1, 0.15) is 0 Å². The van der Waals surface area contributed by atoms with Gasteiger partial charge in [-0.25, -0.2) is 0 Å². The molecule has 6 unspecified atom stereocenters. The second-order valence-corrected chi connectivity index (χ2v) is 19.7. The first kappa shape index (κ1) is 25.7. The largest absolute Gasteiger partial charge is 0.413 e. The van der Waals surface area contributed by atoms with E-state index in [-0.39, 0.29) is 34.0 Å². The lowest BCUT2D eigenvalue weighted by Gasteiger charge is -2.64. The van der Waals surface area contributed by atoms with Gasteiger partial charge in [0.15, 0.2) is 14.1 Å². The molecule has 5 aliphatic rings. The average Bonchev–Trinajstić information content (AvgIpc) is 3.19.